The molecule has 1 heteroatoms. The maximum atomic E-state index is 4.58. The number of hydrogen-bond donors (Lipinski definition) is 0. The summed E-state index contributed by atoms with van der Waals surface area (Å²) in [5.74, 6) is 0.618. The fourth-order valence-corrected chi connectivity index (χ4v) is 1.62. The van der Waals surface area contributed by atoms with Crippen molar-refractivity contribution in [2.75, 3.05) is 0 Å². The highest BCUT2D eigenvalue weighted by Crippen LogP contribution is 2.15. The third-order valence-corrected chi connectivity index (χ3v) is 2.04. The highest BCUT2D eigenvalue weighted by Gasteiger charge is 2.06. The Hall–Kier alpha value is -0.850. The molecule has 0 N–H and O–H groups in total. The third kappa shape index (κ3) is 3.58. The van der Waals surface area contributed by atoms with Crippen LogP contribution < -0.4 is 0 Å². The van der Waals surface area contributed by atoms with Gasteiger partial charge < -0.3 is 0 Å². The molecule has 1 atom stereocenters. The first kappa shape index (κ1) is 10.2. The second-order valence-electron chi connectivity index (χ2n) is 4.14. The molecular formula is C12H19N. The molecule has 0 spiro atoms. The maximum Gasteiger partial charge on any atom is 0.0446 e. The van der Waals surface area contributed by atoms with Gasteiger partial charge in [-0.3, -0.25) is 4.99 Å². The van der Waals surface area contributed by atoms with Gasteiger partial charge in [-0.1, -0.05) is 24.6 Å². The predicted molar refractivity (Wildman–Crippen MR) is 59.2 cm³/mol. The summed E-state index contributed by atoms with van der Waals surface area (Å²) in [4.78, 5) is 4.58. The predicted octanol–water partition coefficient (Wildman–Crippen LogP) is 3.38. The topological polar surface area (TPSA) is 12.4 Å². The SMILES string of the molecule is CC1=CC(C)CC(=NC(C)C)C=C1. The molecule has 1 aliphatic carbocycles. The second-order valence-corrected chi connectivity index (χ2v) is 4.14. The first-order valence-electron chi connectivity index (χ1n) is 5.01. The third-order valence-electron chi connectivity index (χ3n) is 2.04. The van der Waals surface area contributed by atoms with Crippen LogP contribution in [0.3, 0.4) is 0 Å². The van der Waals surface area contributed by atoms with Crippen molar-refractivity contribution in [3.63, 3.8) is 0 Å². The Balaban J connectivity index is 2.78. The van der Waals surface area contributed by atoms with E-state index in [1.807, 2.05) is 0 Å². The zero-order valence-electron chi connectivity index (χ0n) is 9.04. The molecule has 0 amide bonds. The van der Waals surface area contributed by atoms with Crippen molar-refractivity contribution in [2.24, 2.45) is 10.9 Å². The number of rotatable bonds is 1. The Bertz CT molecular complexity index is 256. The Kier molecular flexibility index (Phi) is 3.47. The van der Waals surface area contributed by atoms with Crippen LogP contribution >= 0.6 is 0 Å². The average molecular weight is 177 g/mol. The molecule has 0 bridgehead atoms. The highest BCUT2D eigenvalue weighted by atomic mass is 14.8. The van der Waals surface area contributed by atoms with Crippen LogP contribution in [0, 0.1) is 5.92 Å². The zero-order valence-corrected chi connectivity index (χ0v) is 9.04. The molecule has 0 fully saturated rings. The molecule has 0 aromatic carbocycles. The number of hydrogen-bond acceptors (Lipinski definition) is 1. The summed E-state index contributed by atoms with van der Waals surface area (Å²) in [5.41, 5.74) is 2.58. The molecule has 0 heterocycles. The van der Waals surface area contributed by atoms with Gasteiger partial charge in [0.25, 0.3) is 0 Å². The number of nitrogens with zero attached hydrogens (tertiary/aromatic N) is 1. The van der Waals surface area contributed by atoms with Gasteiger partial charge in [0.05, 0.1) is 0 Å². The molecule has 0 aromatic rings. The van der Waals surface area contributed by atoms with Crippen molar-refractivity contribution < 1.29 is 0 Å². The van der Waals surface area contributed by atoms with Crippen molar-refractivity contribution in [3.05, 3.63) is 23.8 Å². The lowest BCUT2D eigenvalue weighted by atomic mass is 10.0. The zero-order chi connectivity index (χ0) is 9.84. The summed E-state index contributed by atoms with van der Waals surface area (Å²) in [6.45, 7) is 8.63. The van der Waals surface area contributed by atoms with Gasteiger partial charge in [-0.15, -0.1) is 0 Å². The summed E-state index contributed by atoms with van der Waals surface area (Å²) < 4.78 is 0. The number of aliphatic imine (C=N–C) groups is 1. The van der Waals surface area contributed by atoms with E-state index < -0.39 is 0 Å². The van der Waals surface area contributed by atoms with Gasteiger partial charge in [0.2, 0.25) is 0 Å². The molecule has 0 radical (unpaired) electrons. The van der Waals surface area contributed by atoms with E-state index in [9.17, 15) is 0 Å². The van der Waals surface area contributed by atoms with Gasteiger partial charge in [0, 0.05) is 11.8 Å². The minimum atomic E-state index is 0.408. The summed E-state index contributed by atoms with van der Waals surface area (Å²) in [6.07, 6.45) is 7.69. The molecule has 0 aliphatic heterocycles. The summed E-state index contributed by atoms with van der Waals surface area (Å²) >= 11 is 0. The van der Waals surface area contributed by atoms with Crippen molar-refractivity contribution in [3.8, 4) is 0 Å². The molecule has 1 aliphatic rings. The van der Waals surface area contributed by atoms with Crippen LogP contribution in [0.25, 0.3) is 0 Å². The fourth-order valence-electron chi connectivity index (χ4n) is 1.62. The lowest BCUT2D eigenvalue weighted by Crippen LogP contribution is -2.03. The van der Waals surface area contributed by atoms with E-state index in [2.05, 4.69) is 50.9 Å². The minimum Gasteiger partial charge on any atom is -0.287 e. The van der Waals surface area contributed by atoms with E-state index in [-0.39, 0.29) is 0 Å². The Morgan fingerprint density at radius 2 is 2.08 bits per heavy atom. The Labute approximate surface area is 81.3 Å². The van der Waals surface area contributed by atoms with Crippen LogP contribution in [0.1, 0.15) is 34.1 Å². The van der Waals surface area contributed by atoms with Gasteiger partial charge in [0.15, 0.2) is 0 Å². The highest BCUT2D eigenvalue weighted by molar-refractivity contribution is 5.96. The van der Waals surface area contributed by atoms with Crippen molar-refractivity contribution in [1.29, 1.82) is 0 Å². The maximum absolute atomic E-state index is 4.58. The Morgan fingerprint density at radius 1 is 1.38 bits per heavy atom. The molecule has 1 nitrogen and oxygen atoms in total. The summed E-state index contributed by atoms with van der Waals surface area (Å²) in [6, 6.07) is 0.408. The van der Waals surface area contributed by atoms with Gasteiger partial charge in [-0.05, 0) is 39.2 Å². The van der Waals surface area contributed by atoms with E-state index in [1.165, 1.54) is 11.3 Å². The van der Waals surface area contributed by atoms with Crippen LogP contribution in [0.5, 0.6) is 0 Å². The Morgan fingerprint density at radius 3 is 2.69 bits per heavy atom. The van der Waals surface area contributed by atoms with Crippen LogP contribution in [-0.2, 0) is 0 Å². The molecule has 0 aromatic heterocycles. The van der Waals surface area contributed by atoms with Crippen LogP contribution in [0.2, 0.25) is 0 Å². The lowest BCUT2D eigenvalue weighted by Gasteiger charge is -2.06. The molecule has 1 rings (SSSR count). The molecule has 13 heavy (non-hydrogen) atoms. The van der Waals surface area contributed by atoms with E-state index in [1.54, 1.807) is 0 Å². The monoisotopic (exact) mass is 177 g/mol. The molecule has 72 valence electrons. The van der Waals surface area contributed by atoms with Crippen molar-refractivity contribution >= 4 is 5.71 Å². The fraction of sp³-hybridized carbons (Fsp3) is 0.583. The van der Waals surface area contributed by atoms with Gasteiger partial charge in [-0.2, -0.15) is 0 Å². The number of allylic oxidation sites excluding steroid dienone is 4. The molecule has 0 saturated heterocycles. The smallest absolute Gasteiger partial charge is 0.0446 e. The largest absolute Gasteiger partial charge is 0.287 e. The second kappa shape index (κ2) is 4.40. The normalized spacial score (nSPS) is 26.4. The lowest BCUT2D eigenvalue weighted by molar-refractivity contribution is 0.753. The van der Waals surface area contributed by atoms with Crippen LogP contribution in [0.4, 0.5) is 0 Å². The molecule has 0 saturated carbocycles. The first-order valence-corrected chi connectivity index (χ1v) is 5.01. The summed E-state index contributed by atoms with van der Waals surface area (Å²) in [5, 5.41) is 0. The summed E-state index contributed by atoms with van der Waals surface area (Å²) in [7, 11) is 0. The van der Waals surface area contributed by atoms with E-state index in [0.29, 0.717) is 12.0 Å². The van der Waals surface area contributed by atoms with Crippen LogP contribution in [0.15, 0.2) is 28.8 Å². The van der Waals surface area contributed by atoms with Crippen molar-refractivity contribution in [1.82, 2.24) is 0 Å². The molecular weight excluding hydrogens is 158 g/mol. The minimum absolute atomic E-state index is 0.408. The first-order chi connectivity index (χ1) is 6.08. The van der Waals surface area contributed by atoms with E-state index >= 15 is 0 Å². The van der Waals surface area contributed by atoms with Gasteiger partial charge in [0.1, 0.15) is 0 Å². The van der Waals surface area contributed by atoms with E-state index in [4.69, 9.17) is 0 Å². The van der Waals surface area contributed by atoms with E-state index in [0.717, 1.165) is 6.42 Å². The average Bonchev–Trinajstić information content (AvgIpc) is 2.11. The van der Waals surface area contributed by atoms with Gasteiger partial charge >= 0.3 is 0 Å². The van der Waals surface area contributed by atoms with Gasteiger partial charge in [-0.25, -0.2) is 0 Å². The van der Waals surface area contributed by atoms with Crippen molar-refractivity contribution in [2.45, 2.75) is 40.2 Å². The quantitative estimate of drug-likeness (QED) is 0.582. The standard InChI is InChI=1S/C12H19N/c1-9(2)13-12-6-5-10(3)7-11(4)8-12/h5-7,9,11H,8H2,1-4H3. The van der Waals surface area contributed by atoms with Crippen LogP contribution in [-0.4, -0.2) is 11.8 Å². The molecule has 1 unspecified atom stereocenters.